The maximum atomic E-state index is 11.4. The third-order valence-corrected chi connectivity index (χ3v) is 5.54. The predicted octanol–water partition coefficient (Wildman–Crippen LogP) is 3.33. The van der Waals surface area contributed by atoms with Gasteiger partial charge in [0.2, 0.25) is 0 Å². The van der Waals surface area contributed by atoms with Crippen molar-refractivity contribution in [2.75, 3.05) is 0 Å². The Hall–Kier alpha value is -1.86. The Kier molecular flexibility index (Phi) is 3.69. The summed E-state index contributed by atoms with van der Waals surface area (Å²) in [7, 11) is 1.90. The number of nitrogens with zero attached hydrogens (tertiary/aromatic N) is 3. The predicted molar refractivity (Wildman–Crippen MR) is 84.1 cm³/mol. The molecule has 0 unspecified atom stereocenters. The molecule has 21 heavy (non-hydrogen) atoms. The number of aromatic nitrogens is 3. The zero-order chi connectivity index (χ0) is 15.0. The molecule has 0 atom stereocenters. The Morgan fingerprint density at radius 1 is 1.38 bits per heavy atom. The van der Waals surface area contributed by atoms with Gasteiger partial charge in [0.05, 0.1) is 0 Å². The van der Waals surface area contributed by atoms with Crippen LogP contribution in [0.1, 0.15) is 21.1 Å². The molecule has 0 radical (unpaired) electrons. The molecule has 0 saturated heterocycles. The number of aromatic carboxylic acids is 1. The second-order valence-electron chi connectivity index (χ2n) is 4.59. The number of thioether (sulfide) groups is 1. The van der Waals surface area contributed by atoms with E-state index < -0.39 is 5.97 Å². The molecule has 108 valence electrons. The average molecular weight is 319 g/mol. The van der Waals surface area contributed by atoms with Crippen molar-refractivity contribution in [3.05, 3.63) is 40.5 Å². The molecule has 0 fully saturated rings. The number of carbonyl (C=O) groups is 1. The van der Waals surface area contributed by atoms with Crippen molar-refractivity contribution in [1.82, 2.24) is 14.8 Å². The summed E-state index contributed by atoms with van der Waals surface area (Å²) in [5.41, 5.74) is 0.855. The van der Waals surface area contributed by atoms with Crippen molar-refractivity contribution in [3.8, 4) is 0 Å². The molecule has 0 aliphatic carbocycles. The van der Waals surface area contributed by atoms with Gasteiger partial charge in [-0.3, -0.25) is 0 Å². The van der Waals surface area contributed by atoms with Crippen LogP contribution >= 0.6 is 23.1 Å². The monoisotopic (exact) mass is 319 g/mol. The maximum absolute atomic E-state index is 11.4. The van der Waals surface area contributed by atoms with Gasteiger partial charge in [0, 0.05) is 17.5 Å². The Morgan fingerprint density at radius 3 is 2.81 bits per heavy atom. The van der Waals surface area contributed by atoms with Crippen LogP contribution < -0.4 is 0 Å². The molecule has 0 saturated carbocycles. The van der Waals surface area contributed by atoms with Crippen molar-refractivity contribution in [3.63, 3.8) is 0 Å². The van der Waals surface area contributed by atoms with Crippen molar-refractivity contribution >= 4 is 39.2 Å². The van der Waals surface area contributed by atoms with E-state index in [1.54, 1.807) is 0 Å². The minimum absolute atomic E-state index is 0.405. The fourth-order valence-electron chi connectivity index (χ4n) is 2.06. The van der Waals surface area contributed by atoms with E-state index in [2.05, 4.69) is 10.2 Å². The second-order valence-corrected chi connectivity index (χ2v) is 6.58. The van der Waals surface area contributed by atoms with E-state index in [4.69, 9.17) is 0 Å². The summed E-state index contributed by atoms with van der Waals surface area (Å²) in [5, 5.41) is 19.3. The van der Waals surface area contributed by atoms with Crippen molar-refractivity contribution < 1.29 is 9.90 Å². The fourth-order valence-corrected chi connectivity index (χ4v) is 4.21. The zero-order valence-electron chi connectivity index (χ0n) is 11.5. The normalized spacial score (nSPS) is 11.1. The first kappa shape index (κ1) is 14.1. The van der Waals surface area contributed by atoms with Gasteiger partial charge in [-0.25, -0.2) is 4.79 Å². The first-order valence-electron chi connectivity index (χ1n) is 6.30. The highest BCUT2D eigenvalue weighted by Crippen LogP contribution is 2.35. The fraction of sp³-hybridized carbons (Fsp3) is 0.214. The number of carboxylic acids is 1. The lowest BCUT2D eigenvalue weighted by atomic mass is 10.1. The SMILES string of the molecule is Cc1nnc(SCc2c(C(=O)O)sc3ccccc23)n1C. The van der Waals surface area contributed by atoms with Crippen LogP contribution in [0.5, 0.6) is 0 Å². The van der Waals surface area contributed by atoms with Gasteiger partial charge < -0.3 is 9.67 Å². The number of thiophene rings is 1. The van der Waals surface area contributed by atoms with Gasteiger partial charge in [0.25, 0.3) is 0 Å². The molecule has 0 aliphatic rings. The summed E-state index contributed by atoms with van der Waals surface area (Å²) in [6, 6.07) is 7.78. The zero-order valence-corrected chi connectivity index (χ0v) is 13.2. The molecule has 2 aromatic heterocycles. The first-order chi connectivity index (χ1) is 10.1. The second kappa shape index (κ2) is 5.50. The Labute approximate surface area is 129 Å². The van der Waals surface area contributed by atoms with Gasteiger partial charge >= 0.3 is 5.97 Å². The lowest BCUT2D eigenvalue weighted by Gasteiger charge is -2.02. The summed E-state index contributed by atoms with van der Waals surface area (Å²) in [5.74, 6) is 0.532. The molecule has 7 heteroatoms. The molecule has 0 amide bonds. The number of aryl methyl sites for hydroxylation is 1. The summed E-state index contributed by atoms with van der Waals surface area (Å²) in [6.45, 7) is 1.89. The van der Waals surface area contributed by atoms with Gasteiger partial charge in [-0.2, -0.15) is 0 Å². The number of rotatable bonds is 4. The number of carboxylic acid groups (broad SMARTS) is 1. The molecule has 0 spiro atoms. The summed E-state index contributed by atoms with van der Waals surface area (Å²) < 4.78 is 2.90. The third-order valence-electron chi connectivity index (χ3n) is 3.29. The topological polar surface area (TPSA) is 68.0 Å². The van der Waals surface area contributed by atoms with Crippen LogP contribution in [0.15, 0.2) is 29.4 Å². The summed E-state index contributed by atoms with van der Waals surface area (Å²) in [6.07, 6.45) is 0. The van der Waals surface area contributed by atoms with Gasteiger partial charge in [-0.15, -0.1) is 21.5 Å². The highest BCUT2D eigenvalue weighted by atomic mass is 32.2. The molecule has 0 aliphatic heterocycles. The Balaban J connectivity index is 1.97. The number of benzene rings is 1. The molecule has 1 N–H and O–H groups in total. The van der Waals surface area contributed by atoms with Gasteiger partial charge in [0.15, 0.2) is 5.16 Å². The smallest absolute Gasteiger partial charge is 0.346 e. The first-order valence-corrected chi connectivity index (χ1v) is 8.10. The van der Waals surface area contributed by atoms with E-state index in [9.17, 15) is 9.90 Å². The van der Waals surface area contributed by atoms with Gasteiger partial charge in [-0.05, 0) is 23.9 Å². The van der Waals surface area contributed by atoms with Crippen LogP contribution in [0.2, 0.25) is 0 Å². The van der Waals surface area contributed by atoms with Crippen molar-refractivity contribution in [2.45, 2.75) is 17.8 Å². The number of fused-ring (bicyclic) bond motifs is 1. The minimum atomic E-state index is -0.874. The van der Waals surface area contributed by atoms with E-state index in [-0.39, 0.29) is 0 Å². The molecule has 2 heterocycles. The molecular formula is C14H13N3O2S2. The van der Waals surface area contributed by atoms with Crippen molar-refractivity contribution in [2.24, 2.45) is 7.05 Å². The van der Waals surface area contributed by atoms with Crippen LogP contribution in [0.3, 0.4) is 0 Å². The molecule has 0 bridgehead atoms. The molecule has 3 rings (SSSR count). The van der Waals surface area contributed by atoms with E-state index in [0.29, 0.717) is 10.6 Å². The van der Waals surface area contributed by atoms with Crippen molar-refractivity contribution in [1.29, 1.82) is 0 Å². The van der Waals surface area contributed by atoms with Crippen LogP contribution in [-0.2, 0) is 12.8 Å². The molecule has 5 nitrogen and oxygen atoms in total. The highest BCUT2D eigenvalue weighted by Gasteiger charge is 2.18. The van der Waals surface area contributed by atoms with Crippen LogP contribution in [-0.4, -0.2) is 25.8 Å². The largest absolute Gasteiger partial charge is 0.477 e. The summed E-state index contributed by atoms with van der Waals surface area (Å²) >= 11 is 2.83. The van der Waals surface area contributed by atoms with Crippen LogP contribution in [0, 0.1) is 6.92 Å². The van der Waals surface area contributed by atoms with E-state index in [1.165, 1.54) is 23.1 Å². The summed E-state index contributed by atoms with van der Waals surface area (Å²) in [4.78, 5) is 11.8. The molecule has 1 aromatic carbocycles. The van der Waals surface area contributed by atoms with Crippen LogP contribution in [0.25, 0.3) is 10.1 Å². The van der Waals surface area contributed by atoms with Crippen LogP contribution in [0.4, 0.5) is 0 Å². The number of hydrogen-bond acceptors (Lipinski definition) is 5. The van der Waals surface area contributed by atoms with E-state index in [1.807, 2.05) is 42.8 Å². The standard InChI is InChI=1S/C14H13N3O2S2/c1-8-15-16-14(17(8)2)20-7-10-9-5-3-4-6-11(9)21-12(10)13(18)19/h3-6H,7H2,1-2H3,(H,18,19). The molecular weight excluding hydrogens is 306 g/mol. The number of hydrogen-bond donors (Lipinski definition) is 1. The Morgan fingerprint density at radius 2 is 2.14 bits per heavy atom. The maximum Gasteiger partial charge on any atom is 0.346 e. The Bertz CT molecular complexity index is 823. The third kappa shape index (κ3) is 2.54. The quantitative estimate of drug-likeness (QED) is 0.747. The average Bonchev–Trinajstić information content (AvgIpc) is 2.99. The van der Waals surface area contributed by atoms with Gasteiger partial charge in [-0.1, -0.05) is 30.0 Å². The molecule has 3 aromatic rings. The van der Waals surface area contributed by atoms with E-state index >= 15 is 0 Å². The lowest BCUT2D eigenvalue weighted by molar-refractivity contribution is 0.0701. The minimum Gasteiger partial charge on any atom is -0.477 e. The van der Waals surface area contributed by atoms with Gasteiger partial charge in [0.1, 0.15) is 10.7 Å². The lowest BCUT2D eigenvalue weighted by Crippen LogP contribution is -1.98. The van der Waals surface area contributed by atoms with E-state index in [0.717, 1.165) is 26.6 Å². The highest BCUT2D eigenvalue weighted by molar-refractivity contribution is 7.98.